The zero-order valence-corrected chi connectivity index (χ0v) is 12.1. The van der Waals surface area contributed by atoms with Gasteiger partial charge < -0.3 is 15.7 Å². The lowest BCUT2D eigenvalue weighted by molar-refractivity contribution is 0.154. The van der Waals surface area contributed by atoms with Crippen LogP contribution >= 0.6 is 0 Å². The van der Waals surface area contributed by atoms with Crippen LogP contribution in [-0.2, 0) is 0 Å². The summed E-state index contributed by atoms with van der Waals surface area (Å²) in [6, 6.07) is 2.61. The second-order valence-electron chi connectivity index (χ2n) is 5.84. The summed E-state index contributed by atoms with van der Waals surface area (Å²) in [5, 5.41) is 14.9. The number of hydrogen-bond donors (Lipinski definition) is 3. The van der Waals surface area contributed by atoms with Crippen LogP contribution in [0.4, 0.5) is 13.6 Å². The Balaban J connectivity index is 1.96. The summed E-state index contributed by atoms with van der Waals surface area (Å²) in [5.41, 5.74) is -0.168. The lowest BCUT2D eigenvalue weighted by atomic mass is 9.97. The summed E-state index contributed by atoms with van der Waals surface area (Å²) in [7, 11) is 0. The maximum Gasteiger partial charge on any atom is 0.315 e. The van der Waals surface area contributed by atoms with Gasteiger partial charge >= 0.3 is 6.03 Å². The van der Waals surface area contributed by atoms with E-state index in [2.05, 4.69) is 10.6 Å². The number of rotatable bonds is 5. The Morgan fingerprint density at radius 3 is 2.62 bits per heavy atom. The summed E-state index contributed by atoms with van der Waals surface area (Å²) >= 11 is 0. The number of aliphatic hydroxyl groups excluding tert-OH is 1. The Kier molecular flexibility index (Phi) is 4.46. The van der Waals surface area contributed by atoms with Gasteiger partial charge in [0.1, 0.15) is 0 Å². The quantitative estimate of drug-likeness (QED) is 0.782. The molecule has 1 aliphatic carbocycles. The van der Waals surface area contributed by atoms with Gasteiger partial charge in [-0.05, 0) is 50.3 Å². The van der Waals surface area contributed by atoms with Crippen molar-refractivity contribution in [3.63, 3.8) is 0 Å². The van der Waals surface area contributed by atoms with Crippen molar-refractivity contribution in [3.8, 4) is 0 Å². The third-order valence-electron chi connectivity index (χ3n) is 4.00. The number of aliphatic hydroxyl groups is 1. The van der Waals surface area contributed by atoms with Crippen molar-refractivity contribution >= 4 is 6.03 Å². The minimum absolute atomic E-state index is 0.134. The highest BCUT2D eigenvalue weighted by Gasteiger charge is 2.42. The van der Waals surface area contributed by atoms with Crippen molar-refractivity contribution in [1.29, 1.82) is 0 Å². The molecule has 2 atom stereocenters. The zero-order valence-electron chi connectivity index (χ0n) is 12.1. The molecule has 0 unspecified atom stereocenters. The molecule has 4 nitrogen and oxygen atoms in total. The van der Waals surface area contributed by atoms with E-state index in [4.69, 9.17) is 0 Å². The van der Waals surface area contributed by atoms with Crippen LogP contribution in [0.2, 0.25) is 0 Å². The summed E-state index contributed by atoms with van der Waals surface area (Å²) in [6.45, 7) is 3.34. The summed E-state index contributed by atoms with van der Waals surface area (Å²) < 4.78 is 26.1. The van der Waals surface area contributed by atoms with Gasteiger partial charge in [0.15, 0.2) is 11.6 Å². The highest BCUT2D eigenvalue weighted by molar-refractivity contribution is 5.75. The number of benzene rings is 1. The first-order chi connectivity index (χ1) is 9.85. The number of halogens is 2. The van der Waals surface area contributed by atoms with E-state index in [1.165, 1.54) is 6.07 Å². The molecule has 1 fully saturated rings. The Morgan fingerprint density at radius 2 is 2.10 bits per heavy atom. The van der Waals surface area contributed by atoms with Gasteiger partial charge in [-0.2, -0.15) is 0 Å². The fourth-order valence-electron chi connectivity index (χ4n) is 2.35. The molecular formula is C15H20F2N2O2. The van der Waals surface area contributed by atoms with Gasteiger partial charge in [-0.3, -0.25) is 0 Å². The maximum absolute atomic E-state index is 13.2. The topological polar surface area (TPSA) is 61.4 Å². The highest BCUT2D eigenvalue weighted by atomic mass is 19.2. The molecule has 0 heterocycles. The molecule has 116 valence electrons. The SMILES string of the molecule is C[C@@H](NC(=O)N[C@](C)(CO)C1CC1)c1ccc(F)c(F)c1. The minimum Gasteiger partial charge on any atom is -0.394 e. The van der Waals surface area contributed by atoms with E-state index in [1.807, 2.05) is 0 Å². The van der Waals surface area contributed by atoms with Crippen molar-refractivity contribution in [2.75, 3.05) is 6.61 Å². The predicted molar refractivity (Wildman–Crippen MR) is 74.7 cm³/mol. The monoisotopic (exact) mass is 298 g/mol. The lowest BCUT2D eigenvalue weighted by Crippen LogP contribution is -2.54. The van der Waals surface area contributed by atoms with Crippen molar-refractivity contribution in [3.05, 3.63) is 35.4 Å². The summed E-state index contributed by atoms with van der Waals surface area (Å²) in [4.78, 5) is 12.0. The fraction of sp³-hybridized carbons (Fsp3) is 0.533. The molecule has 3 N–H and O–H groups in total. The molecule has 0 aliphatic heterocycles. The number of hydrogen-bond acceptors (Lipinski definition) is 2. The van der Waals surface area contributed by atoms with E-state index >= 15 is 0 Å². The maximum atomic E-state index is 13.2. The number of carbonyl (C=O) groups is 1. The van der Waals surface area contributed by atoms with Crippen LogP contribution in [0.25, 0.3) is 0 Å². The molecule has 2 amide bonds. The van der Waals surface area contributed by atoms with Crippen molar-refractivity contribution < 1.29 is 18.7 Å². The molecule has 1 aromatic rings. The number of carbonyl (C=O) groups excluding carboxylic acids is 1. The largest absolute Gasteiger partial charge is 0.394 e. The van der Waals surface area contributed by atoms with Gasteiger partial charge in [-0.1, -0.05) is 6.07 Å². The standard InChI is InChI=1S/C15H20F2N2O2/c1-9(10-3-6-12(16)13(17)7-10)18-14(21)19-15(2,8-20)11-4-5-11/h3,6-7,9,11,20H,4-5,8H2,1-2H3,(H2,18,19,21)/t9-,15-/m1/s1. The molecule has 1 aliphatic rings. The van der Waals surface area contributed by atoms with Crippen molar-refractivity contribution in [2.24, 2.45) is 5.92 Å². The van der Waals surface area contributed by atoms with E-state index < -0.39 is 29.2 Å². The van der Waals surface area contributed by atoms with Gasteiger partial charge in [-0.15, -0.1) is 0 Å². The van der Waals surface area contributed by atoms with Crippen molar-refractivity contribution in [2.45, 2.75) is 38.3 Å². The van der Waals surface area contributed by atoms with Crippen LogP contribution in [0.15, 0.2) is 18.2 Å². The molecule has 6 heteroatoms. The Bertz CT molecular complexity index is 534. The minimum atomic E-state index is -0.945. The summed E-state index contributed by atoms with van der Waals surface area (Å²) in [6.07, 6.45) is 1.96. The third kappa shape index (κ3) is 3.69. The van der Waals surface area contributed by atoms with Crippen LogP contribution in [0.3, 0.4) is 0 Å². The van der Waals surface area contributed by atoms with Crippen LogP contribution < -0.4 is 10.6 Å². The number of amides is 2. The number of urea groups is 1. The molecule has 1 aromatic carbocycles. The molecular weight excluding hydrogens is 278 g/mol. The second-order valence-corrected chi connectivity index (χ2v) is 5.84. The molecule has 2 rings (SSSR count). The molecule has 0 bridgehead atoms. The average molecular weight is 298 g/mol. The Labute approximate surface area is 122 Å². The molecule has 0 saturated heterocycles. The molecule has 0 spiro atoms. The van der Waals surface area contributed by atoms with E-state index in [0.717, 1.165) is 25.0 Å². The Hall–Kier alpha value is -1.69. The van der Waals surface area contributed by atoms with Crippen molar-refractivity contribution in [1.82, 2.24) is 10.6 Å². The van der Waals surface area contributed by atoms with Crippen LogP contribution in [0.1, 0.15) is 38.3 Å². The smallest absolute Gasteiger partial charge is 0.315 e. The second kappa shape index (κ2) is 5.97. The van der Waals surface area contributed by atoms with Gasteiger partial charge in [-0.25, -0.2) is 13.6 Å². The normalized spacial score (nSPS) is 18.7. The van der Waals surface area contributed by atoms with E-state index in [1.54, 1.807) is 13.8 Å². The van der Waals surface area contributed by atoms with E-state index in [0.29, 0.717) is 5.56 Å². The average Bonchev–Trinajstić information content (AvgIpc) is 3.26. The van der Waals surface area contributed by atoms with E-state index in [-0.39, 0.29) is 12.5 Å². The molecule has 0 radical (unpaired) electrons. The fourth-order valence-corrected chi connectivity index (χ4v) is 2.35. The highest BCUT2D eigenvalue weighted by Crippen LogP contribution is 2.39. The first-order valence-electron chi connectivity index (χ1n) is 7.00. The van der Waals surface area contributed by atoms with Gasteiger partial charge in [0.2, 0.25) is 0 Å². The lowest BCUT2D eigenvalue weighted by Gasteiger charge is -2.29. The zero-order chi connectivity index (χ0) is 15.6. The van der Waals surface area contributed by atoms with Gasteiger partial charge in [0, 0.05) is 0 Å². The Morgan fingerprint density at radius 1 is 1.43 bits per heavy atom. The number of nitrogens with one attached hydrogen (secondary N) is 2. The summed E-state index contributed by atoms with van der Waals surface area (Å²) in [5.74, 6) is -1.58. The molecule has 0 aromatic heterocycles. The van der Waals surface area contributed by atoms with E-state index in [9.17, 15) is 18.7 Å². The van der Waals surface area contributed by atoms with Crippen LogP contribution in [0.5, 0.6) is 0 Å². The molecule has 21 heavy (non-hydrogen) atoms. The molecule has 1 saturated carbocycles. The predicted octanol–water partition coefficient (Wildman–Crippen LogP) is 2.49. The first-order valence-corrected chi connectivity index (χ1v) is 7.00. The van der Waals surface area contributed by atoms with Crippen LogP contribution in [-0.4, -0.2) is 23.3 Å². The van der Waals surface area contributed by atoms with Gasteiger partial charge in [0.25, 0.3) is 0 Å². The van der Waals surface area contributed by atoms with Gasteiger partial charge in [0.05, 0.1) is 18.2 Å². The van der Waals surface area contributed by atoms with Crippen LogP contribution in [0, 0.1) is 17.6 Å². The first kappa shape index (κ1) is 15.7. The third-order valence-corrected chi connectivity index (χ3v) is 4.00.